The number of hydrogen-bond donors (Lipinski definition) is 0. The van der Waals surface area contributed by atoms with Gasteiger partial charge in [-0.05, 0) is 0 Å². The summed E-state index contributed by atoms with van der Waals surface area (Å²) in [6.07, 6.45) is 0. The summed E-state index contributed by atoms with van der Waals surface area (Å²) >= 11 is -0.601. The SMILES string of the molecule is CC(C)c1cc(C(C)C)[c]([Ge][c]2c(C([Si](C)(C)C)[Si](C)(C)C)cc(C([Si](C)(C)C)[Si](C)(C)C)cc2C([Si](C)(C)C)[Si](C)(C)C)c(C(C)C)c1.O.O. The third-order valence-electron chi connectivity index (χ3n) is 10.8. The predicted molar refractivity (Wildman–Crippen MR) is 256 cm³/mol. The number of hydrogen-bond acceptors (Lipinski definition) is 0. The van der Waals surface area contributed by atoms with Crippen LogP contribution in [0.25, 0.3) is 0 Å². The van der Waals surface area contributed by atoms with Crippen LogP contribution >= 0.6 is 0 Å². The Bertz CT molecular complexity index is 1320. The third kappa shape index (κ3) is 12.6. The predicted octanol–water partition coefficient (Wildman–Crippen LogP) is 11.6. The molecule has 2 rings (SSSR count). The second-order valence-corrected chi connectivity index (χ2v) is 59.4. The van der Waals surface area contributed by atoms with E-state index in [9.17, 15) is 0 Å². The van der Waals surface area contributed by atoms with Gasteiger partial charge in [0.15, 0.2) is 0 Å². The van der Waals surface area contributed by atoms with E-state index < -0.39 is 63.9 Å². The van der Waals surface area contributed by atoms with Crippen molar-refractivity contribution in [3.05, 3.63) is 57.6 Å². The molecular formula is C42H86GeO2Si6. The first-order valence-electron chi connectivity index (χ1n) is 19.7. The van der Waals surface area contributed by atoms with Crippen LogP contribution in [0.5, 0.6) is 0 Å². The van der Waals surface area contributed by atoms with Crippen molar-refractivity contribution >= 4 is 72.7 Å². The van der Waals surface area contributed by atoms with E-state index in [2.05, 4.69) is 184 Å². The molecule has 0 spiro atoms. The zero-order valence-electron chi connectivity index (χ0n) is 38.3. The minimum atomic E-state index is -1.58. The van der Waals surface area contributed by atoms with Gasteiger partial charge in [-0.25, -0.2) is 0 Å². The minimum absolute atomic E-state index is 0. The summed E-state index contributed by atoms with van der Waals surface area (Å²) in [5.41, 5.74) is 10.4. The Balaban J connectivity index is 0.0000125. The van der Waals surface area contributed by atoms with E-state index in [4.69, 9.17) is 0 Å². The largest absolute Gasteiger partial charge is 0.412 e. The molecule has 0 fully saturated rings. The van der Waals surface area contributed by atoms with E-state index in [1.807, 2.05) is 15.5 Å². The van der Waals surface area contributed by atoms with Gasteiger partial charge in [-0.2, -0.15) is 0 Å². The molecule has 0 aromatic heterocycles. The van der Waals surface area contributed by atoms with Crippen molar-refractivity contribution in [2.45, 2.75) is 193 Å². The molecule has 2 aromatic rings. The molecule has 2 aromatic carbocycles. The van der Waals surface area contributed by atoms with E-state index in [1.165, 1.54) is 5.56 Å². The van der Waals surface area contributed by atoms with Crippen molar-refractivity contribution in [3.63, 3.8) is 0 Å². The van der Waals surface area contributed by atoms with E-state index in [0.29, 0.717) is 17.8 Å². The number of rotatable bonds is 14. The summed E-state index contributed by atoms with van der Waals surface area (Å²) in [4.78, 5) is 0. The Kier molecular flexibility index (Phi) is 17.6. The Hall–Kier alpha value is 0.204. The molecule has 0 aliphatic rings. The standard InChI is InChI=1S/C42H82GeSi6.2H2O/c1-29(2)32-25-34(30(3)4)38(35(26-32)31(5)6)43-39-36(41(46(13,14)15)47(16,17)18)27-33(40(44(7,8)9)45(10,11)12)28-37(39)42(48(19,20)21)49(22,23)24;;/h25-31,40-42H,1-24H3;2*1H2. The molecule has 0 aliphatic heterocycles. The van der Waals surface area contributed by atoms with Gasteiger partial charge in [0.25, 0.3) is 0 Å². The van der Waals surface area contributed by atoms with Crippen LogP contribution in [0.4, 0.5) is 0 Å². The maximum atomic E-state index is 2.93. The van der Waals surface area contributed by atoms with Gasteiger partial charge in [0.1, 0.15) is 0 Å². The van der Waals surface area contributed by atoms with Gasteiger partial charge in [-0.15, -0.1) is 0 Å². The van der Waals surface area contributed by atoms with Crippen molar-refractivity contribution in [3.8, 4) is 0 Å². The average molecular weight is 864 g/mol. The van der Waals surface area contributed by atoms with E-state index >= 15 is 0 Å². The van der Waals surface area contributed by atoms with Crippen LogP contribution in [0, 0.1) is 0 Å². The van der Waals surface area contributed by atoms with Gasteiger partial charge in [-0.1, -0.05) is 0 Å². The van der Waals surface area contributed by atoms with Crippen molar-refractivity contribution in [2.75, 3.05) is 0 Å². The van der Waals surface area contributed by atoms with E-state index in [0.717, 1.165) is 15.5 Å². The average Bonchev–Trinajstić information content (AvgIpc) is 2.79. The number of benzene rings is 2. The van der Waals surface area contributed by atoms with Gasteiger partial charge in [0.2, 0.25) is 0 Å². The van der Waals surface area contributed by atoms with Crippen LogP contribution in [0.15, 0.2) is 24.3 Å². The van der Waals surface area contributed by atoms with Crippen LogP contribution < -0.4 is 8.79 Å². The fraction of sp³-hybridized carbons (Fsp3) is 0.714. The van der Waals surface area contributed by atoms with Crippen LogP contribution in [-0.4, -0.2) is 74.8 Å². The maximum Gasteiger partial charge on any atom is -0.412 e. The van der Waals surface area contributed by atoms with Crippen molar-refractivity contribution in [1.29, 1.82) is 0 Å². The van der Waals surface area contributed by atoms with Crippen LogP contribution in [0.3, 0.4) is 0 Å². The molecule has 0 saturated carbocycles. The fourth-order valence-corrected chi connectivity index (χ4v) is 54.0. The first-order chi connectivity index (χ1) is 21.6. The molecule has 0 aliphatic carbocycles. The smallest absolute Gasteiger partial charge is 0.412 e. The monoisotopic (exact) mass is 864 g/mol. The molecule has 2 radical (unpaired) electrons. The summed E-state index contributed by atoms with van der Waals surface area (Å²) in [6, 6.07) is 11.2. The third-order valence-corrected chi connectivity index (χ3v) is 42.1. The molecule has 0 atom stereocenters. The molecule has 0 saturated heterocycles. The first kappa shape index (κ1) is 51.2. The molecule has 0 unspecified atom stereocenters. The Morgan fingerprint density at radius 1 is 0.333 bits per heavy atom. The zero-order valence-corrected chi connectivity index (χ0v) is 46.4. The summed E-state index contributed by atoms with van der Waals surface area (Å²) in [5, 5.41) is 2.28. The molecule has 9 heteroatoms. The molecule has 0 bridgehead atoms. The summed E-state index contributed by atoms with van der Waals surface area (Å²) in [5.74, 6) is 1.64. The van der Waals surface area contributed by atoms with Gasteiger partial charge >= 0.3 is 323 Å². The maximum absolute atomic E-state index is 2.93. The van der Waals surface area contributed by atoms with Crippen LogP contribution in [-0.2, 0) is 0 Å². The second kappa shape index (κ2) is 17.6. The van der Waals surface area contributed by atoms with Gasteiger partial charge < -0.3 is 11.0 Å². The van der Waals surface area contributed by atoms with E-state index in [1.54, 1.807) is 21.1 Å². The van der Waals surface area contributed by atoms with Gasteiger partial charge in [0.05, 0.1) is 0 Å². The zero-order chi connectivity index (χ0) is 38.6. The first-order valence-corrected chi connectivity index (χ1v) is 43.3. The normalized spacial score (nSPS) is 13.9. The molecule has 51 heavy (non-hydrogen) atoms. The Labute approximate surface area is 331 Å². The fourth-order valence-electron chi connectivity index (χ4n) is 10.5. The molecule has 4 N–H and O–H groups in total. The summed E-state index contributed by atoms with van der Waals surface area (Å²) < 4.78 is 3.69. The van der Waals surface area contributed by atoms with Crippen molar-refractivity contribution in [1.82, 2.24) is 0 Å². The van der Waals surface area contributed by atoms with Gasteiger partial charge in [0, 0.05) is 0 Å². The molecular weight excluding hydrogens is 778 g/mol. The molecule has 0 heterocycles. The van der Waals surface area contributed by atoms with Crippen LogP contribution in [0.2, 0.25) is 118 Å². The van der Waals surface area contributed by atoms with Crippen molar-refractivity contribution < 1.29 is 11.0 Å². The molecule has 0 amide bonds. The van der Waals surface area contributed by atoms with Gasteiger partial charge in [-0.3, -0.25) is 0 Å². The summed E-state index contributed by atoms with van der Waals surface area (Å²) in [6.45, 7) is 63.3. The summed E-state index contributed by atoms with van der Waals surface area (Å²) in [7, 11) is -9.31. The van der Waals surface area contributed by atoms with E-state index in [-0.39, 0.29) is 11.0 Å². The Morgan fingerprint density at radius 2 is 0.569 bits per heavy atom. The molecule has 294 valence electrons. The minimum Gasteiger partial charge on any atom is -0.412 e. The topological polar surface area (TPSA) is 63.0 Å². The second-order valence-electron chi connectivity index (χ2n) is 23.2. The quantitative estimate of drug-likeness (QED) is 0.170. The molecule has 2 nitrogen and oxygen atoms in total. The Morgan fingerprint density at radius 3 is 0.784 bits per heavy atom. The van der Waals surface area contributed by atoms with Crippen LogP contribution in [0.1, 0.15) is 108 Å². The van der Waals surface area contributed by atoms with Crippen molar-refractivity contribution in [2.24, 2.45) is 0 Å².